The topological polar surface area (TPSA) is 86.2 Å². The molecule has 2 N–H and O–H groups in total. The molecule has 0 amide bonds. The summed E-state index contributed by atoms with van der Waals surface area (Å²) in [5.74, 6) is 1.04. The third-order valence-electron chi connectivity index (χ3n) is 3.62. The van der Waals surface area contributed by atoms with Crippen molar-refractivity contribution in [3.05, 3.63) is 17.8 Å². The number of nitrogens with zero attached hydrogens (tertiary/aromatic N) is 1. The summed E-state index contributed by atoms with van der Waals surface area (Å²) in [4.78, 5) is 4.38. The molecule has 6 heteroatoms. The summed E-state index contributed by atoms with van der Waals surface area (Å²) in [5, 5.41) is 0. The zero-order chi connectivity index (χ0) is 12.1. The molecule has 0 radical (unpaired) electrons. The largest absolute Gasteiger partial charge is 0.447 e. The fourth-order valence-electron chi connectivity index (χ4n) is 2.31. The van der Waals surface area contributed by atoms with Crippen molar-refractivity contribution in [1.82, 2.24) is 4.98 Å². The summed E-state index contributed by atoms with van der Waals surface area (Å²) in [5.41, 5.74) is 6.36. The lowest BCUT2D eigenvalue weighted by Gasteiger charge is -2.19. The lowest BCUT2D eigenvalue weighted by molar-refractivity contribution is 0.440. The van der Waals surface area contributed by atoms with Crippen LogP contribution >= 0.6 is 0 Å². The van der Waals surface area contributed by atoms with E-state index in [9.17, 15) is 8.42 Å². The van der Waals surface area contributed by atoms with E-state index in [0.717, 1.165) is 25.0 Å². The summed E-state index contributed by atoms with van der Waals surface area (Å²) in [6.07, 6.45) is 4.95. The van der Waals surface area contributed by atoms with Crippen LogP contribution in [0.15, 0.2) is 10.7 Å². The van der Waals surface area contributed by atoms with Crippen molar-refractivity contribution in [3.8, 4) is 0 Å². The minimum Gasteiger partial charge on any atom is -0.447 e. The molecule has 2 aliphatic rings. The van der Waals surface area contributed by atoms with Crippen LogP contribution in [0, 0.1) is 0 Å². The molecule has 3 rings (SSSR count). The third kappa shape index (κ3) is 2.11. The molecule has 17 heavy (non-hydrogen) atoms. The van der Waals surface area contributed by atoms with Gasteiger partial charge >= 0.3 is 0 Å². The zero-order valence-corrected chi connectivity index (χ0v) is 10.4. The van der Waals surface area contributed by atoms with Crippen LogP contribution in [0.5, 0.6) is 0 Å². The van der Waals surface area contributed by atoms with E-state index in [1.54, 1.807) is 6.26 Å². The Balaban J connectivity index is 1.82. The van der Waals surface area contributed by atoms with Gasteiger partial charge in [-0.3, -0.25) is 0 Å². The fourth-order valence-corrected chi connectivity index (χ4v) is 4.03. The first-order chi connectivity index (χ1) is 7.99. The Bertz CT molecular complexity index is 531. The van der Waals surface area contributed by atoms with E-state index in [1.807, 2.05) is 0 Å². The third-order valence-corrected chi connectivity index (χ3v) is 5.44. The van der Waals surface area contributed by atoms with E-state index >= 15 is 0 Å². The minimum absolute atomic E-state index is 0.0198. The second-order valence-corrected chi connectivity index (χ2v) is 7.42. The Kier molecular flexibility index (Phi) is 2.35. The molecule has 0 bridgehead atoms. The Morgan fingerprint density at radius 3 is 2.88 bits per heavy atom. The Hall–Kier alpha value is -0.880. The van der Waals surface area contributed by atoms with Crippen molar-refractivity contribution in [2.45, 2.75) is 37.1 Å². The molecule has 1 unspecified atom stereocenters. The van der Waals surface area contributed by atoms with E-state index in [2.05, 4.69) is 4.98 Å². The predicted octanol–water partition coefficient (Wildman–Crippen LogP) is 0.915. The first-order valence-corrected chi connectivity index (χ1v) is 7.76. The number of hydrogen-bond acceptors (Lipinski definition) is 5. The van der Waals surface area contributed by atoms with Crippen molar-refractivity contribution in [1.29, 1.82) is 0 Å². The quantitative estimate of drug-likeness (QED) is 0.850. The van der Waals surface area contributed by atoms with E-state index in [0.29, 0.717) is 18.1 Å². The SMILES string of the molecule is NC1(c2nc(C3CCCS(=O)(=O)C3)co2)CC1. The molecule has 1 aromatic rings. The number of rotatable bonds is 2. The van der Waals surface area contributed by atoms with Crippen LogP contribution in [0.2, 0.25) is 0 Å². The summed E-state index contributed by atoms with van der Waals surface area (Å²) >= 11 is 0. The van der Waals surface area contributed by atoms with E-state index in [4.69, 9.17) is 10.2 Å². The maximum absolute atomic E-state index is 11.6. The Labute approximate surface area is 100 Å². The Morgan fingerprint density at radius 1 is 1.47 bits per heavy atom. The van der Waals surface area contributed by atoms with Crippen LogP contribution < -0.4 is 5.73 Å². The lowest BCUT2D eigenvalue weighted by Crippen LogP contribution is -2.24. The molecule has 0 aromatic carbocycles. The van der Waals surface area contributed by atoms with Crippen LogP contribution in [-0.4, -0.2) is 24.9 Å². The number of oxazole rings is 1. The molecule has 1 atom stereocenters. The van der Waals surface area contributed by atoms with Gasteiger partial charge in [0, 0.05) is 5.92 Å². The van der Waals surface area contributed by atoms with Gasteiger partial charge in [-0.15, -0.1) is 0 Å². The van der Waals surface area contributed by atoms with Gasteiger partial charge in [-0.05, 0) is 25.7 Å². The lowest BCUT2D eigenvalue weighted by atomic mass is 10.0. The molecule has 1 aliphatic heterocycles. The van der Waals surface area contributed by atoms with Crippen LogP contribution in [0.1, 0.15) is 43.2 Å². The van der Waals surface area contributed by atoms with Crippen LogP contribution in [0.4, 0.5) is 0 Å². The van der Waals surface area contributed by atoms with Gasteiger partial charge in [0.1, 0.15) is 6.26 Å². The van der Waals surface area contributed by atoms with Crippen molar-refractivity contribution in [2.24, 2.45) is 5.73 Å². The second-order valence-electron chi connectivity index (χ2n) is 5.19. The van der Waals surface area contributed by atoms with Crippen molar-refractivity contribution in [2.75, 3.05) is 11.5 Å². The van der Waals surface area contributed by atoms with Gasteiger partial charge in [0.05, 0.1) is 22.7 Å². The van der Waals surface area contributed by atoms with Gasteiger partial charge in [0.2, 0.25) is 5.89 Å². The van der Waals surface area contributed by atoms with Gasteiger partial charge in [-0.25, -0.2) is 13.4 Å². The van der Waals surface area contributed by atoms with Gasteiger partial charge in [-0.1, -0.05) is 0 Å². The van der Waals surface area contributed by atoms with E-state index in [-0.39, 0.29) is 17.2 Å². The first kappa shape index (κ1) is 11.2. The number of sulfone groups is 1. The summed E-state index contributed by atoms with van der Waals surface area (Å²) in [6, 6.07) is 0. The molecular formula is C11H16N2O3S. The van der Waals surface area contributed by atoms with E-state index < -0.39 is 9.84 Å². The number of hydrogen-bond donors (Lipinski definition) is 1. The molecule has 2 fully saturated rings. The molecule has 94 valence electrons. The van der Waals surface area contributed by atoms with Gasteiger partial charge in [-0.2, -0.15) is 0 Å². The smallest absolute Gasteiger partial charge is 0.214 e. The van der Waals surface area contributed by atoms with Crippen LogP contribution in [0.25, 0.3) is 0 Å². The summed E-state index contributed by atoms with van der Waals surface area (Å²) in [6.45, 7) is 0. The highest BCUT2D eigenvalue weighted by molar-refractivity contribution is 7.91. The molecular weight excluding hydrogens is 240 g/mol. The Morgan fingerprint density at radius 2 is 2.24 bits per heavy atom. The average Bonchev–Trinajstić information content (AvgIpc) is 2.81. The fraction of sp³-hybridized carbons (Fsp3) is 0.727. The van der Waals surface area contributed by atoms with Gasteiger partial charge < -0.3 is 10.2 Å². The number of aromatic nitrogens is 1. The highest BCUT2D eigenvalue weighted by Gasteiger charge is 2.45. The minimum atomic E-state index is -2.90. The molecule has 1 saturated carbocycles. The average molecular weight is 256 g/mol. The van der Waals surface area contributed by atoms with Crippen LogP contribution in [0.3, 0.4) is 0 Å². The monoisotopic (exact) mass is 256 g/mol. The van der Waals surface area contributed by atoms with Crippen LogP contribution in [-0.2, 0) is 15.4 Å². The number of nitrogens with two attached hydrogens (primary N) is 1. The molecule has 1 aliphatic carbocycles. The van der Waals surface area contributed by atoms with Crippen molar-refractivity contribution < 1.29 is 12.8 Å². The molecule has 0 spiro atoms. The summed E-state index contributed by atoms with van der Waals surface area (Å²) in [7, 11) is -2.90. The summed E-state index contributed by atoms with van der Waals surface area (Å²) < 4.78 is 28.5. The predicted molar refractivity (Wildman–Crippen MR) is 62.2 cm³/mol. The highest BCUT2D eigenvalue weighted by Crippen LogP contribution is 2.42. The highest BCUT2D eigenvalue weighted by atomic mass is 32.2. The van der Waals surface area contributed by atoms with Crippen molar-refractivity contribution >= 4 is 9.84 Å². The normalized spacial score (nSPS) is 30.1. The molecule has 1 saturated heterocycles. The maximum Gasteiger partial charge on any atom is 0.214 e. The molecule has 2 heterocycles. The molecule has 1 aromatic heterocycles. The van der Waals surface area contributed by atoms with Gasteiger partial charge in [0.25, 0.3) is 0 Å². The maximum atomic E-state index is 11.6. The second kappa shape index (κ2) is 3.55. The standard InChI is InChI=1S/C11H16N2O3S/c12-11(3-4-11)10-13-9(6-16-10)8-2-1-5-17(14,15)7-8/h6,8H,1-5,7,12H2. The first-order valence-electron chi connectivity index (χ1n) is 5.94. The zero-order valence-electron chi connectivity index (χ0n) is 9.55. The van der Waals surface area contributed by atoms with E-state index in [1.165, 1.54) is 0 Å². The van der Waals surface area contributed by atoms with Gasteiger partial charge in [0.15, 0.2) is 9.84 Å². The molecule has 5 nitrogen and oxygen atoms in total. The van der Waals surface area contributed by atoms with Crippen molar-refractivity contribution in [3.63, 3.8) is 0 Å².